The SMILES string of the molecule is CC(C)NS(=O)(=O)c1ccc(C(=O)N2CCC(N3CCC[C@@H]3C(N)=O)CC2)cc1. The molecule has 2 amide bonds. The Hall–Kier alpha value is -1.97. The van der Waals surface area contributed by atoms with Crippen LogP contribution in [-0.2, 0) is 14.8 Å². The molecule has 8 nitrogen and oxygen atoms in total. The van der Waals surface area contributed by atoms with E-state index in [-0.39, 0.29) is 34.8 Å². The smallest absolute Gasteiger partial charge is 0.253 e. The van der Waals surface area contributed by atoms with Gasteiger partial charge in [0.2, 0.25) is 15.9 Å². The number of rotatable bonds is 6. The van der Waals surface area contributed by atoms with E-state index in [1.165, 1.54) is 12.1 Å². The molecule has 0 unspecified atom stereocenters. The van der Waals surface area contributed by atoms with E-state index in [4.69, 9.17) is 5.73 Å². The van der Waals surface area contributed by atoms with Crippen molar-refractivity contribution in [3.05, 3.63) is 29.8 Å². The molecule has 0 bridgehead atoms. The van der Waals surface area contributed by atoms with E-state index in [1.54, 1.807) is 30.9 Å². The molecule has 2 aliphatic heterocycles. The molecular formula is C20H30N4O4S. The maximum atomic E-state index is 12.8. The number of nitrogens with zero attached hydrogens (tertiary/aromatic N) is 2. The molecule has 0 aliphatic carbocycles. The molecule has 0 aromatic heterocycles. The van der Waals surface area contributed by atoms with Gasteiger partial charge in [-0.3, -0.25) is 14.5 Å². The van der Waals surface area contributed by atoms with E-state index in [0.29, 0.717) is 18.7 Å². The minimum Gasteiger partial charge on any atom is -0.368 e. The van der Waals surface area contributed by atoms with E-state index >= 15 is 0 Å². The Morgan fingerprint density at radius 3 is 2.24 bits per heavy atom. The van der Waals surface area contributed by atoms with Crippen molar-refractivity contribution < 1.29 is 18.0 Å². The van der Waals surface area contributed by atoms with E-state index in [0.717, 1.165) is 32.2 Å². The van der Waals surface area contributed by atoms with E-state index in [9.17, 15) is 18.0 Å². The van der Waals surface area contributed by atoms with Crippen LogP contribution in [0.15, 0.2) is 29.2 Å². The van der Waals surface area contributed by atoms with Crippen LogP contribution in [0.25, 0.3) is 0 Å². The standard InChI is InChI=1S/C20H30N4O4S/c1-14(2)22-29(27,28)17-7-5-15(6-8-17)20(26)23-12-9-16(10-13-23)24-11-3-4-18(24)19(21)25/h5-8,14,16,18,22H,3-4,9-13H2,1-2H3,(H2,21,25)/t18-/m1/s1. The molecule has 3 rings (SSSR count). The van der Waals surface area contributed by atoms with Gasteiger partial charge < -0.3 is 10.6 Å². The summed E-state index contributed by atoms with van der Waals surface area (Å²) in [6.07, 6.45) is 3.41. The summed E-state index contributed by atoms with van der Waals surface area (Å²) >= 11 is 0. The van der Waals surface area contributed by atoms with Crippen molar-refractivity contribution in [1.82, 2.24) is 14.5 Å². The second-order valence-corrected chi connectivity index (χ2v) is 9.84. The number of likely N-dealkylation sites (tertiary alicyclic amines) is 2. The number of piperidine rings is 1. The molecule has 2 heterocycles. The van der Waals surface area contributed by atoms with E-state index in [1.807, 2.05) is 0 Å². The summed E-state index contributed by atoms with van der Waals surface area (Å²) in [4.78, 5) is 28.6. The van der Waals surface area contributed by atoms with Crippen LogP contribution < -0.4 is 10.5 Å². The Morgan fingerprint density at radius 2 is 1.69 bits per heavy atom. The number of benzene rings is 1. The molecule has 160 valence electrons. The van der Waals surface area contributed by atoms with Gasteiger partial charge in [-0.1, -0.05) is 0 Å². The molecule has 0 saturated carbocycles. The lowest BCUT2D eigenvalue weighted by atomic mass is 10.0. The molecule has 2 saturated heterocycles. The van der Waals surface area contributed by atoms with Crippen LogP contribution in [-0.4, -0.2) is 67.8 Å². The first-order valence-electron chi connectivity index (χ1n) is 10.2. The Labute approximate surface area is 172 Å². The molecular weight excluding hydrogens is 392 g/mol. The third-order valence-corrected chi connectivity index (χ3v) is 7.32. The summed E-state index contributed by atoms with van der Waals surface area (Å²) in [5.74, 6) is -0.361. The number of primary amides is 1. The summed E-state index contributed by atoms with van der Waals surface area (Å²) in [7, 11) is -3.57. The van der Waals surface area contributed by atoms with Crippen molar-refractivity contribution in [1.29, 1.82) is 0 Å². The van der Waals surface area contributed by atoms with Crippen LogP contribution >= 0.6 is 0 Å². The van der Waals surface area contributed by atoms with Crippen molar-refractivity contribution in [2.45, 2.75) is 62.6 Å². The van der Waals surface area contributed by atoms with Crippen LogP contribution in [0.1, 0.15) is 49.9 Å². The van der Waals surface area contributed by atoms with Crippen LogP contribution in [0.5, 0.6) is 0 Å². The number of hydrogen-bond donors (Lipinski definition) is 2. The van der Waals surface area contributed by atoms with Gasteiger partial charge in [0.1, 0.15) is 0 Å². The van der Waals surface area contributed by atoms with Crippen LogP contribution in [0.3, 0.4) is 0 Å². The lowest BCUT2D eigenvalue weighted by Crippen LogP contribution is -2.51. The number of amides is 2. The third kappa shape index (κ3) is 4.96. The minimum atomic E-state index is -3.57. The largest absolute Gasteiger partial charge is 0.368 e. The molecule has 2 aliphatic rings. The number of nitrogens with two attached hydrogens (primary N) is 1. The molecule has 1 aromatic carbocycles. The molecule has 1 atom stereocenters. The normalized spacial score (nSPS) is 21.6. The van der Waals surface area contributed by atoms with Crippen LogP contribution in [0.2, 0.25) is 0 Å². The molecule has 29 heavy (non-hydrogen) atoms. The average Bonchev–Trinajstić information content (AvgIpc) is 3.17. The summed E-state index contributed by atoms with van der Waals surface area (Å²) in [5, 5.41) is 0. The first kappa shape index (κ1) is 21.7. The number of carbonyl (C=O) groups is 2. The molecule has 0 radical (unpaired) electrons. The highest BCUT2D eigenvalue weighted by atomic mass is 32.2. The molecule has 3 N–H and O–H groups in total. The molecule has 2 fully saturated rings. The maximum Gasteiger partial charge on any atom is 0.253 e. The van der Waals surface area contributed by atoms with Gasteiger partial charge >= 0.3 is 0 Å². The van der Waals surface area contributed by atoms with Crippen LogP contribution in [0.4, 0.5) is 0 Å². The third-order valence-electron chi connectivity index (χ3n) is 5.65. The zero-order valence-electron chi connectivity index (χ0n) is 17.0. The average molecular weight is 423 g/mol. The lowest BCUT2D eigenvalue weighted by Gasteiger charge is -2.38. The first-order valence-corrected chi connectivity index (χ1v) is 11.6. The summed E-state index contributed by atoms with van der Waals surface area (Å²) < 4.78 is 27.0. The zero-order valence-corrected chi connectivity index (χ0v) is 17.8. The quantitative estimate of drug-likeness (QED) is 0.708. The van der Waals surface area contributed by atoms with E-state index in [2.05, 4.69) is 9.62 Å². The van der Waals surface area contributed by atoms with E-state index < -0.39 is 10.0 Å². The van der Waals surface area contributed by atoms with Crippen molar-refractivity contribution in [2.24, 2.45) is 5.73 Å². The highest BCUT2D eigenvalue weighted by Crippen LogP contribution is 2.26. The van der Waals surface area contributed by atoms with Crippen LogP contribution in [0, 0.1) is 0 Å². The second kappa shape index (κ2) is 8.81. The Morgan fingerprint density at radius 1 is 1.07 bits per heavy atom. The lowest BCUT2D eigenvalue weighted by molar-refractivity contribution is -0.123. The predicted octanol–water partition coefficient (Wildman–Crippen LogP) is 0.928. The monoisotopic (exact) mass is 422 g/mol. The molecule has 1 aromatic rings. The summed E-state index contributed by atoms with van der Waals surface area (Å²) in [5.41, 5.74) is 6.00. The Bertz CT molecular complexity index is 846. The van der Waals surface area contributed by atoms with Gasteiger partial charge in [-0.05, 0) is 70.3 Å². The fourth-order valence-corrected chi connectivity index (χ4v) is 5.52. The van der Waals surface area contributed by atoms with Crippen molar-refractivity contribution in [2.75, 3.05) is 19.6 Å². The molecule has 9 heteroatoms. The van der Waals surface area contributed by atoms with Crippen molar-refractivity contribution >= 4 is 21.8 Å². The van der Waals surface area contributed by atoms with Gasteiger partial charge in [0, 0.05) is 30.7 Å². The Kier molecular flexibility index (Phi) is 6.60. The number of sulfonamides is 1. The Balaban J connectivity index is 1.60. The van der Waals surface area contributed by atoms with Crippen molar-refractivity contribution in [3.63, 3.8) is 0 Å². The number of hydrogen-bond acceptors (Lipinski definition) is 5. The van der Waals surface area contributed by atoms with Crippen molar-refractivity contribution in [3.8, 4) is 0 Å². The maximum absolute atomic E-state index is 12.8. The minimum absolute atomic E-state index is 0.0999. The van der Waals surface area contributed by atoms with Gasteiger partial charge in [0.15, 0.2) is 0 Å². The second-order valence-electron chi connectivity index (χ2n) is 8.12. The van der Waals surface area contributed by atoms with Gasteiger partial charge in [0.25, 0.3) is 5.91 Å². The van der Waals surface area contributed by atoms with Gasteiger partial charge in [-0.2, -0.15) is 0 Å². The molecule has 0 spiro atoms. The summed E-state index contributed by atoms with van der Waals surface area (Å²) in [6.45, 7) is 5.62. The number of nitrogens with one attached hydrogen (secondary N) is 1. The van der Waals surface area contributed by atoms with Gasteiger partial charge in [-0.15, -0.1) is 0 Å². The highest BCUT2D eigenvalue weighted by Gasteiger charge is 2.36. The fourth-order valence-electron chi connectivity index (χ4n) is 4.27. The zero-order chi connectivity index (χ0) is 21.2. The van der Waals surface area contributed by atoms with Gasteiger partial charge in [-0.25, -0.2) is 13.1 Å². The predicted molar refractivity (Wildman–Crippen MR) is 110 cm³/mol. The summed E-state index contributed by atoms with van der Waals surface area (Å²) in [6, 6.07) is 5.94. The fraction of sp³-hybridized carbons (Fsp3) is 0.600. The highest BCUT2D eigenvalue weighted by molar-refractivity contribution is 7.89. The first-order chi connectivity index (χ1) is 13.7. The topological polar surface area (TPSA) is 113 Å². The number of carbonyl (C=O) groups excluding carboxylic acids is 2. The van der Waals surface area contributed by atoms with Gasteiger partial charge in [0.05, 0.1) is 10.9 Å².